The average molecular weight is 457 g/mol. The van der Waals surface area contributed by atoms with Gasteiger partial charge < -0.3 is 24.7 Å². The van der Waals surface area contributed by atoms with Crippen LogP contribution in [0.15, 0.2) is 43.0 Å². The molecule has 0 saturated carbocycles. The lowest BCUT2D eigenvalue weighted by Gasteiger charge is -2.39. The second kappa shape index (κ2) is 8.57. The second-order valence-corrected chi connectivity index (χ2v) is 9.55. The van der Waals surface area contributed by atoms with E-state index >= 15 is 0 Å². The fraction of sp³-hybridized carbons (Fsp3) is 0.560. The first-order chi connectivity index (χ1) is 15.7. The Morgan fingerprint density at radius 2 is 2.03 bits per heavy atom. The molecule has 3 fully saturated rings. The van der Waals surface area contributed by atoms with Crippen molar-refractivity contribution in [2.45, 2.75) is 62.9 Å². The normalized spacial score (nSPS) is 33.1. The standard InChI is InChI=1S/C25H32N2O6/c1-4-13-26(14-16-9-7-6-8-10-16)22(30)20-25-12-11-24(3,33-25)19(23(31)32)18(25)21(29)27(20)17(5-2)15-28/h4,6-10,17-20,28H,1,5,11-15H2,2-3H3,(H,31,32)/t17-,18-,19+,20?,24-,25?/m0/s1. The number of fused-ring (bicyclic) bond motifs is 1. The van der Waals surface area contributed by atoms with Crippen LogP contribution in [0.4, 0.5) is 0 Å². The summed E-state index contributed by atoms with van der Waals surface area (Å²) in [4.78, 5) is 43.1. The highest BCUT2D eigenvalue weighted by Gasteiger charge is 2.78. The van der Waals surface area contributed by atoms with Crippen LogP contribution in [-0.4, -0.2) is 74.2 Å². The molecule has 0 aromatic heterocycles. The van der Waals surface area contributed by atoms with Crippen molar-refractivity contribution in [3.05, 3.63) is 48.6 Å². The highest BCUT2D eigenvalue weighted by molar-refractivity contribution is 5.98. The third kappa shape index (κ3) is 3.47. The molecular formula is C25H32N2O6. The first-order valence-corrected chi connectivity index (χ1v) is 11.5. The molecule has 8 heteroatoms. The summed E-state index contributed by atoms with van der Waals surface area (Å²) < 4.78 is 6.40. The van der Waals surface area contributed by atoms with E-state index in [4.69, 9.17) is 4.74 Å². The van der Waals surface area contributed by atoms with Crippen LogP contribution in [0.3, 0.4) is 0 Å². The molecule has 0 aliphatic carbocycles. The minimum atomic E-state index is -1.22. The quantitative estimate of drug-likeness (QED) is 0.549. The number of likely N-dealkylation sites (tertiary alicyclic amines) is 1. The highest BCUT2D eigenvalue weighted by atomic mass is 16.5. The van der Waals surface area contributed by atoms with Crippen LogP contribution in [0, 0.1) is 11.8 Å². The SMILES string of the molecule is C=CCN(Cc1ccccc1)C(=O)C1N([C@@H](CC)CO)C(=O)[C@@H]2[C@H](C(=O)O)[C@]3(C)CCC12O3. The van der Waals surface area contributed by atoms with E-state index in [-0.39, 0.29) is 19.1 Å². The van der Waals surface area contributed by atoms with Crippen molar-refractivity contribution >= 4 is 17.8 Å². The minimum Gasteiger partial charge on any atom is -0.481 e. The molecule has 178 valence electrons. The predicted molar refractivity (Wildman–Crippen MR) is 120 cm³/mol. The van der Waals surface area contributed by atoms with Crippen molar-refractivity contribution in [1.82, 2.24) is 9.80 Å². The summed E-state index contributed by atoms with van der Waals surface area (Å²) >= 11 is 0. The van der Waals surface area contributed by atoms with Gasteiger partial charge in [-0.1, -0.05) is 43.3 Å². The molecule has 0 radical (unpaired) electrons. The van der Waals surface area contributed by atoms with Crippen LogP contribution < -0.4 is 0 Å². The molecule has 2 bridgehead atoms. The molecule has 1 aromatic carbocycles. The Balaban J connectivity index is 1.79. The van der Waals surface area contributed by atoms with Gasteiger partial charge in [-0.15, -0.1) is 6.58 Å². The summed E-state index contributed by atoms with van der Waals surface area (Å²) in [7, 11) is 0. The summed E-state index contributed by atoms with van der Waals surface area (Å²) in [5.74, 6) is -3.79. The van der Waals surface area contributed by atoms with Crippen molar-refractivity contribution in [2.24, 2.45) is 11.8 Å². The zero-order valence-corrected chi connectivity index (χ0v) is 19.1. The third-order valence-electron chi connectivity index (χ3n) is 7.67. The number of rotatable bonds is 9. The van der Waals surface area contributed by atoms with Gasteiger partial charge in [-0.2, -0.15) is 0 Å². The van der Waals surface area contributed by atoms with E-state index < -0.39 is 47.0 Å². The Labute approximate surface area is 193 Å². The van der Waals surface area contributed by atoms with Gasteiger partial charge in [0, 0.05) is 13.1 Å². The number of amides is 2. The van der Waals surface area contributed by atoms with E-state index in [1.54, 1.807) is 17.9 Å². The van der Waals surface area contributed by atoms with E-state index in [0.29, 0.717) is 25.8 Å². The number of aliphatic hydroxyl groups excluding tert-OH is 1. The fourth-order valence-electron chi connectivity index (χ4n) is 6.19. The summed E-state index contributed by atoms with van der Waals surface area (Å²) in [6.45, 7) is 7.62. The van der Waals surface area contributed by atoms with E-state index in [1.807, 2.05) is 37.3 Å². The number of nitrogens with zero attached hydrogens (tertiary/aromatic N) is 2. The maximum Gasteiger partial charge on any atom is 0.310 e. The Morgan fingerprint density at radius 3 is 2.61 bits per heavy atom. The van der Waals surface area contributed by atoms with Gasteiger partial charge in [-0.05, 0) is 31.7 Å². The first kappa shape index (κ1) is 23.4. The van der Waals surface area contributed by atoms with Gasteiger partial charge >= 0.3 is 5.97 Å². The maximum atomic E-state index is 14.1. The Bertz CT molecular complexity index is 947. The number of ether oxygens (including phenoxy) is 1. The molecule has 3 saturated heterocycles. The third-order valence-corrected chi connectivity index (χ3v) is 7.67. The van der Waals surface area contributed by atoms with E-state index in [9.17, 15) is 24.6 Å². The zero-order chi connectivity index (χ0) is 24.0. The summed E-state index contributed by atoms with van der Waals surface area (Å²) in [5, 5.41) is 20.1. The van der Waals surface area contributed by atoms with Gasteiger partial charge in [0.25, 0.3) is 0 Å². The smallest absolute Gasteiger partial charge is 0.310 e. The number of carboxylic acids is 1. The van der Waals surface area contributed by atoms with Crippen LogP contribution in [0.2, 0.25) is 0 Å². The molecule has 4 rings (SSSR count). The topological polar surface area (TPSA) is 107 Å². The number of hydrogen-bond acceptors (Lipinski definition) is 5. The van der Waals surface area contributed by atoms with Crippen LogP contribution in [0.1, 0.15) is 38.7 Å². The largest absolute Gasteiger partial charge is 0.481 e. The van der Waals surface area contributed by atoms with Crippen LogP contribution >= 0.6 is 0 Å². The molecule has 2 amide bonds. The monoisotopic (exact) mass is 456 g/mol. The molecule has 33 heavy (non-hydrogen) atoms. The summed E-state index contributed by atoms with van der Waals surface area (Å²) in [6, 6.07) is 7.93. The van der Waals surface area contributed by atoms with Crippen LogP contribution in [-0.2, 0) is 25.7 Å². The van der Waals surface area contributed by atoms with Crippen LogP contribution in [0.25, 0.3) is 0 Å². The van der Waals surface area contributed by atoms with Gasteiger partial charge in [0.05, 0.1) is 30.1 Å². The number of carboxylic acid groups (broad SMARTS) is 1. The molecule has 2 unspecified atom stereocenters. The molecule has 2 N–H and O–H groups in total. The molecule has 1 spiro atoms. The molecule has 1 aromatic rings. The van der Waals surface area contributed by atoms with Crippen molar-refractivity contribution in [3.63, 3.8) is 0 Å². The number of carbonyl (C=O) groups excluding carboxylic acids is 2. The molecule has 6 atom stereocenters. The van der Waals surface area contributed by atoms with Gasteiger partial charge in [-0.3, -0.25) is 14.4 Å². The number of hydrogen-bond donors (Lipinski definition) is 2. The van der Waals surface area contributed by atoms with E-state index in [1.165, 1.54) is 4.90 Å². The zero-order valence-electron chi connectivity index (χ0n) is 19.1. The Kier molecular flexibility index (Phi) is 6.09. The average Bonchev–Trinajstić information content (AvgIpc) is 3.36. The molecule has 3 aliphatic rings. The molecule has 3 aliphatic heterocycles. The maximum absolute atomic E-state index is 14.1. The molecule has 8 nitrogen and oxygen atoms in total. The minimum absolute atomic E-state index is 0.266. The van der Waals surface area contributed by atoms with Gasteiger partial charge in [-0.25, -0.2) is 0 Å². The number of benzene rings is 1. The van der Waals surface area contributed by atoms with E-state index in [0.717, 1.165) is 5.56 Å². The predicted octanol–water partition coefficient (Wildman–Crippen LogP) is 1.82. The van der Waals surface area contributed by atoms with Crippen molar-refractivity contribution in [3.8, 4) is 0 Å². The Morgan fingerprint density at radius 1 is 1.33 bits per heavy atom. The number of aliphatic carboxylic acids is 1. The second-order valence-electron chi connectivity index (χ2n) is 9.55. The van der Waals surface area contributed by atoms with Gasteiger partial charge in [0.15, 0.2) is 0 Å². The van der Waals surface area contributed by atoms with Crippen molar-refractivity contribution in [1.29, 1.82) is 0 Å². The van der Waals surface area contributed by atoms with E-state index in [2.05, 4.69) is 6.58 Å². The van der Waals surface area contributed by atoms with Gasteiger partial charge in [0.1, 0.15) is 11.6 Å². The van der Waals surface area contributed by atoms with Crippen molar-refractivity contribution in [2.75, 3.05) is 13.2 Å². The van der Waals surface area contributed by atoms with Gasteiger partial charge in [0.2, 0.25) is 11.8 Å². The lowest BCUT2D eigenvalue weighted by molar-refractivity contribution is -0.158. The first-order valence-electron chi connectivity index (χ1n) is 11.5. The molecule has 3 heterocycles. The number of aliphatic hydroxyl groups is 1. The summed E-state index contributed by atoms with van der Waals surface area (Å²) in [6.07, 6.45) is 2.95. The lowest BCUT2D eigenvalue weighted by atomic mass is 9.66. The van der Waals surface area contributed by atoms with Crippen molar-refractivity contribution < 1.29 is 29.3 Å². The van der Waals surface area contributed by atoms with Crippen LogP contribution in [0.5, 0.6) is 0 Å². The highest BCUT2D eigenvalue weighted by Crippen LogP contribution is 2.63. The summed E-state index contributed by atoms with van der Waals surface area (Å²) in [5.41, 5.74) is -1.29. The Hall–Kier alpha value is -2.71. The fourth-order valence-corrected chi connectivity index (χ4v) is 6.19. The number of carbonyl (C=O) groups is 3. The lowest BCUT2D eigenvalue weighted by Crippen LogP contribution is -2.58. The molecular weight excluding hydrogens is 424 g/mol.